The van der Waals surface area contributed by atoms with Crippen molar-refractivity contribution in [3.05, 3.63) is 36.8 Å². The monoisotopic (exact) mass is 556 g/mol. The lowest BCUT2D eigenvalue weighted by Gasteiger charge is -2.53. The van der Waals surface area contributed by atoms with Gasteiger partial charge in [-0.25, -0.2) is 5.43 Å². The highest BCUT2D eigenvalue weighted by molar-refractivity contribution is 5.87. The van der Waals surface area contributed by atoms with Crippen LogP contribution in [0.3, 0.4) is 0 Å². The van der Waals surface area contributed by atoms with Crippen LogP contribution in [0.25, 0.3) is 0 Å². The second kappa shape index (κ2) is 12.5. The molecule has 0 aromatic rings. The molecule has 11 heteroatoms. The minimum Gasteiger partial charge on any atom is -0.490 e. The first-order valence-corrected chi connectivity index (χ1v) is 15.3. The molecule has 5 fully saturated rings. The molecular formula is C29H48N8O3. The fraction of sp³-hybridized carbons (Fsp3) is 0.759. The maximum Gasteiger partial charge on any atom is 0.246 e. The van der Waals surface area contributed by atoms with E-state index in [1.54, 1.807) is 0 Å². The van der Waals surface area contributed by atoms with Crippen molar-refractivity contribution in [2.45, 2.75) is 81.7 Å². The van der Waals surface area contributed by atoms with Gasteiger partial charge in [-0.15, -0.1) is 0 Å². The van der Waals surface area contributed by atoms with Crippen molar-refractivity contribution in [1.82, 2.24) is 41.5 Å². The van der Waals surface area contributed by atoms with E-state index in [-0.39, 0.29) is 30.4 Å². The number of carbonyl (C=O) groups is 1. The Morgan fingerprint density at radius 3 is 2.73 bits per heavy atom. The van der Waals surface area contributed by atoms with Gasteiger partial charge in [0.1, 0.15) is 18.0 Å². The number of amides is 1. The van der Waals surface area contributed by atoms with Crippen molar-refractivity contribution in [2.75, 3.05) is 46.6 Å². The van der Waals surface area contributed by atoms with E-state index in [0.717, 1.165) is 77.4 Å². The molecule has 0 radical (unpaired) electrons. The summed E-state index contributed by atoms with van der Waals surface area (Å²) in [4.78, 5) is 16.6. The highest BCUT2D eigenvalue weighted by atomic mass is 16.5. The molecule has 9 atom stereocenters. The Bertz CT molecular complexity index is 969. The molecule has 222 valence electrons. The topological polar surface area (TPSA) is 105 Å². The van der Waals surface area contributed by atoms with Crippen LogP contribution in [0, 0.1) is 11.8 Å². The SMILES string of the molecule is C=CC(=O)N1CCN(C2CCC3NCNC(NC4CCC(OC5=CC6NCNN6C=C5)C(C)C4)C3C2OC)CC1. The normalized spacial score (nSPS) is 40.2. The van der Waals surface area contributed by atoms with Gasteiger partial charge in [-0.3, -0.25) is 30.7 Å². The lowest BCUT2D eigenvalue weighted by atomic mass is 9.74. The molecule has 5 N–H and O–H groups in total. The molecule has 3 saturated heterocycles. The van der Waals surface area contributed by atoms with E-state index in [9.17, 15) is 4.79 Å². The number of piperazine rings is 1. The van der Waals surface area contributed by atoms with E-state index in [0.29, 0.717) is 30.0 Å². The van der Waals surface area contributed by atoms with Gasteiger partial charge < -0.3 is 19.7 Å². The predicted octanol–water partition coefficient (Wildman–Crippen LogP) is 0.223. The van der Waals surface area contributed by atoms with Crippen LogP contribution in [-0.2, 0) is 14.3 Å². The van der Waals surface area contributed by atoms with Crippen molar-refractivity contribution in [2.24, 2.45) is 11.8 Å². The first-order valence-electron chi connectivity index (χ1n) is 15.3. The summed E-state index contributed by atoms with van der Waals surface area (Å²) in [5, 5.41) is 17.0. The number of hydrogen-bond donors (Lipinski definition) is 5. The summed E-state index contributed by atoms with van der Waals surface area (Å²) in [6, 6.07) is 1.24. The Kier molecular flexibility index (Phi) is 8.78. The number of nitrogens with one attached hydrogen (secondary N) is 5. The van der Waals surface area contributed by atoms with Crippen LogP contribution in [0.5, 0.6) is 0 Å². The fourth-order valence-electron chi connectivity index (χ4n) is 7.86. The maximum atomic E-state index is 12.1. The first kappa shape index (κ1) is 28.1. The number of allylic oxidation sites excluding steroid dienone is 1. The number of methoxy groups -OCH3 is 1. The van der Waals surface area contributed by atoms with Crippen molar-refractivity contribution < 1.29 is 14.3 Å². The molecule has 6 rings (SSSR count). The predicted molar refractivity (Wildman–Crippen MR) is 153 cm³/mol. The molecule has 2 saturated carbocycles. The quantitative estimate of drug-likeness (QED) is 0.280. The van der Waals surface area contributed by atoms with Crippen LogP contribution in [0.15, 0.2) is 36.8 Å². The molecule has 4 heterocycles. The van der Waals surface area contributed by atoms with Crippen LogP contribution in [0.2, 0.25) is 0 Å². The van der Waals surface area contributed by atoms with E-state index in [1.165, 1.54) is 6.08 Å². The van der Waals surface area contributed by atoms with Crippen molar-refractivity contribution >= 4 is 5.91 Å². The number of nitrogens with zero attached hydrogens (tertiary/aromatic N) is 3. The standard InChI is InChI=1S/C29H48N8O3/c1-4-26(38)36-13-11-35(12-14-36)23-7-6-22-27(28(23)39-3)29(32-17-30-22)34-20-5-8-24(19(2)15-20)40-21-9-10-37-25(16-21)31-18-33-37/h4,9-10,16,19-20,22-25,27-34H,1,5-8,11-15,17-18H2,2-3H3. The number of ether oxygens (including phenoxy) is 2. The largest absolute Gasteiger partial charge is 0.490 e. The zero-order valence-corrected chi connectivity index (χ0v) is 24.1. The van der Waals surface area contributed by atoms with E-state index < -0.39 is 0 Å². The average molecular weight is 557 g/mol. The summed E-state index contributed by atoms with van der Waals surface area (Å²) < 4.78 is 12.8. The Labute approximate surface area is 238 Å². The van der Waals surface area contributed by atoms with Gasteiger partial charge in [0.25, 0.3) is 0 Å². The van der Waals surface area contributed by atoms with Gasteiger partial charge in [0.05, 0.1) is 18.9 Å². The molecule has 9 unspecified atom stereocenters. The molecule has 0 aromatic heterocycles. The molecule has 1 amide bonds. The van der Waals surface area contributed by atoms with Crippen LogP contribution < -0.4 is 26.7 Å². The minimum atomic E-state index is 0.0349. The van der Waals surface area contributed by atoms with Crippen LogP contribution in [0.4, 0.5) is 0 Å². The summed E-state index contributed by atoms with van der Waals surface area (Å²) in [5.41, 5.74) is 3.28. The Balaban J connectivity index is 1.05. The second-order valence-corrected chi connectivity index (χ2v) is 12.2. The van der Waals surface area contributed by atoms with Gasteiger partial charge in [0.2, 0.25) is 5.91 Å². The first-order chi connectivity index (χ1) is 19.5. The molecule has 0 aromatic carbocycles. The average Bonchev–Trinajstić information content (AvgIpc) is 3.46. The minimum absolute atomic E-state index is 0.0349. The molecule has 11 nitrogen and oxygen atoms in total. The van der Waals surface area contributed by atoms with E-state index >= 15 is 0 Å². The fourth-order valence-corrected chi connectivity index (χ4v) is 7.86. The van der Waals surface area contributed by atoms with Crippen molar-refractivity contribution in [3.63, 3.8) is 0 Å². The number of hydrogen-bond acceptors (Lipinski definition) is 10. The lowest BCUT2D eigenvalue weighted by Crippen LogP contribution is -2.71. The third-order valence-corrected chi connectivity index (χ3v) is 10.00. The third-order valence-electron chi connectivity index (χ3n) is 10.00. The summed E-state index contributed by atoms with van der Waals surface area (Å²) in [6.07, 6.45) is 13.9. The van der Waals surface area contributed by atoms with Gasteiger partial charge in [0.15, 0.2) is 0 Å². The lowest BCUT2D eigenvalue weighted by molar-refractivity contribution is -0.130. The highest BCUT2D eigenvalue weighted by Gasteiger charge is 2.48. The Morgan fingerprint density at radius 2 is 1.95 bits per heavy atom. The zero-order chi connectivity index (χ0) is 27.6. The van der Waals surface area contributed by atoms with Crippen LogP contribution >= 0.6 is 0 Å². The molecule has 0 spiro atoms. The van der Waals surface area contributed by atoms with Gasteiger partial charge in [-0.2, -0.15) is 0 Å². The summed E-state index contributed by atoms with van der Waals surface area (Å²) in [5.74, 6) is 1.81. The van der Waals surface area contributed by atoms with Crippen LogP contribution in [-0.4, -0.2) is 110 Å². The third kappa shape index (κ3) is 5.83. The van der Waals surface area contributed by atoms with E-state index in [2.05, 4.69) is 68.5 Å². The molecule has 6 aliphatic rings. The molecule has 4 aliphatic heterocycles. The van der Waals surface area contributed by atoms with Gasteiger partial charge in [-0.05, 0) is 56.3 Å². The molecule has 0 bridgehead atoms. The highest BCUT2D eigenvalue weighted by Crippen LogP contribution is 2.36. The van der Waals surface area contributed by atoms with Gasteiger partial charge in [0, 0.05) is 70.2 Å². The van der Waals surface area contributed by atoms with Crippen molar-refractivity contribution in [1.29, 1.82) is 0 Å². The number of hydrazine groups is 1. The smallest absolute Gasteiger partial charge is 0.246 e. The van der Waals surface area contributed by atoms with Gasteiger partial charge >= 0.3 is 0 Å². The van der Waals surface area contributed by atoms with E-state index in [1.807, 2.05) is 12.0 Å². The second-order valence-electron chi connectivity index (χ2n) is 12.2. The van der Waals surface area contributed by atoms with Crippen molar-refractivity contribution in [3.8, 4) is 0 Å². The number of carbonyl (C=O) groups excluding carboxylic acids is 1. The Hall–Kier alpha value is -1.99. The Morgan fingerprint density at radius 1 is 1.10 bits per heavy atom. The number of fused-ring (bicyclic) bond motifs is 2. The number of rotatable bonds is 7. The molecular weight excluding hydrogens is 508 g/mol. The van der Waals surface area contributed by atoms with Gasteiger partial charge in [-0.1, -0.05) is 13.5 Å². The maximum absolute atomic E-state index is 12.1. The summed E-state index contributed by atoms with van der Waals surface area (Å²) in [7, 11) is 1.87. The zero-order valence-electron chi connectivity index (χ0n) is 24.1. The van der Waals surface area contributed by atoms with Crippen LogP contribution in [0.1, 0.15) is 39.0 Å². The molecule has 40 heavy (non-hydrogen) atoms. The molecule has 2 aliphatic carbocycles. The summed E-state index contributed by atoms with van der Waals surface area (Å²) >= 11 is 0. The summed E-state index contributed by atoms with van der Waals surface area (Å²) in [6.45, 7) is 10.9. The van der Waals surface area contributed by atoms with E-state index in [4.69, 9.17) is 9.47 Å².